The molecule has 1 aromatic heterocycles. The summed E-state index contributed by atoms with van der Waals surface area (Å²) in [5.41, 5.74) is 0.751. The molecule has 0 spiro atoms. The molecule has 1 saturated carbocycles. The van der Waals surface area contributed by atoms with E-state index in [-0.39, 0.29) is 17.5 Å². The molecule has 3 rings (SSSR count). The lowest BCUT2D eigenvalue weighted by Gasteiger charge is -2.26. The number of hydrogen-bond acceptors (Lipinski definition) is 5. The highest BCUT2D eigenvalue weighted by atomic mass is 16.5. The molecule has 0 radical (unpaired) electrons. The van der Waals surface area contributed by atoms with Crippen molar-refractivity contribution in [2.24, 2.45) is 0 Å². The molecule has 2 heterocycles. The van der Waals surface area contributed by atoms with E-state index in [1.165, 1.54) is 6.20 Å². The lowest BCUT2D eigenvalue weighted by molar-refractivity contribution is 0.0383. The molecule has 1 aliphatic heterocycles. The predicted molar refractivity (Wildman–Crippen MR) is 84.3 cm³/mol. The number of pyridine rings is 1. The molecule has 124 valence electrons. The minimum atomic E-state index is -0.251. The fourth-order valence-electron chi connectivity index (χ4n) is 2.44. The van der Waals surface area contributed by atoms with Crippen LogP contribution in [-0.4, -0.2) is 67.1 Å². The minimum Gasteiger partial charge on any atom is -0.379 e. The van der Waals surface area contributed by atoms with Crippen LogP contribution in [0.5, 0.6) is 0 Å². The van der Waals surface area contributed by atoms with E-state index in [0.29, 0.717) is 18.2 Å². The first-order valence-corrected chi connectivity index (χ1v) is 8.07. The second-order valence-electron chi connectivity index (χ2n) is 5.89. The lowest BCUT2D eigenvalue weighted by atomic mass is 10.2. The maximum absolute atomic E-state index is 12.1. The van der Waals surface area contributed by atoms with Gasteiger partial charge < -0.3 is 15.4 Å². The van der Waals surface area contributed by atoms with Crippen molar-refractivity contribution in [1.29, 1.82) is 0 Å². The Morgan fingerprint density at radius 3 is 2.78 bits per heavy atom. The van der Waals surface area contributed by atoms with Crippen LogP contribution in [0.1, 0.15) is 33.7 Å². The van der Waals surface area contributed by atoms with Gasteiger partial charge >= 0.3 is 0 Å². The molecular weight excluding hydrogens is 296 g/mol. The Labute approximate surface area is 135 Å². The third kappa shape index (κ3) is 4.74. The molecular formula is C16H22N4O3. The second-order valence-corrected chi connectivity index (χ2v) is 5.89. The Balaban J connectivity index is 1.49. The summed E-state index contributed by atoms with van der Waals surface area (Å²) in [6.07, 6.45) is 3.57. The summed E-state index contributed by atoms with van der Waals surface area (Å²) in [6, 6.07) is 3.46. The Kier molecular flexibility index (Phi) is 5.19. The van der Waals surface area contributed by atoms with Gasteiger partial charge in [-0.25, -0.2) is 0 Å². The van der Waals surface area contributed by atoms with Crippen LogP contribution in [0.3, 0.4) is 0 Å². The summed E-state index contributed by atoms with van der Waals surface area (Å²) < 4.78 is 5.29. The molecule has 2 amide bonds. The van der Waals surface area contributed by atoms with Gasteiger partial charge in [-0.05, 0) is 25.0 Å². The first-order chi connectivity index (χ1) is 11.2. The summed E-state index contributed by atoms with van der Waals surface area (Å²) in [6.45, 7) is 4.62. The highest BCUT2D eigenvalue weighted by Gasteiger charge is 2.24. The summed E-state index contributed by atoms with van der Waals surface area (Å²) >= 11 is 0. The second kappa shape index (κ2) is 7.52. The maximum atomic E-state index is 12.1. The van der Waals surface area contributed by atoms with Crippen molar-refractivity contribution >= 4 is 11.8 Å². The van der Waals surface area contributed by atoms with Crippen LogP contribution in [0, 0.1) is 0 Å². The number of ether oxygens (including phenoxy) is 1. The van der Waals surface area contributed by atoms with Gasteiger partial charge in [-0.2, -0.15) is 0 Å². The largest absolute Gasteiger partial charge is 0.379 e. The first-order valence-electron chi connectivity index (χ1n) is 8.07. The van der Waals surface area contributed by atoms with E-state index < -0.39 is 0 Å². The first kappa shape index (κ1) is 15.9. The van der Waals surface area contributed by atoms with E-state index in [0.717, 1.165) is 45.7 Å². The van der Waals surface area contributed by atoms with Crippen molar-refractivity contribution in [1.82, 2.24) is 20.5 Å². The molecule has 2 fully saturated rings. The van der Waals surface area contributed by atoms with Crippen molar-refractivity contribution in [3.05, 3.63) is 29.6 Å². The van der Waals surface area contributed by atoms with Crippen LogP contribution < -0.4 is 10.6 Å². The third-order valence-electron chi connectivity index (χ3n) is 3.98. The molecule has 1 aromatic rings. The number of carbonyl (C=O) groups excluding carboxylic acids is 2. The summed E-state index contributed by atoms with van der Waals surface area (Å²) in [5.74, 6) is -0.392. The van der Waals surface area contributed by atoms with Gasteiger partial charge in [0.15, 0.2) is 0 Å². The van der Waals surface area contributed by atoms with Gasteiger partial charge in [0.1, 0.15) is 5.69 Å². The van der Waals surface area contributed by atoms with Crippen LogP contribution in [0.4, 0.5) is 0 Å². The molecule has 2 N–H and O–H groups in total. The SMILES string of the molecule is O=C(NC1CC1)c1ccnc(C(=O)NCCN2CCOCC2)c1. The van der Waals surface area contributed by atoms with E-state index in [1.807, 2.05) is 0 Å². The third-order valence-corrected chi connectivity index (χ3v) is 3.98. The Morgan fingerprint density at radius 2 is 2.04 bits per heavy atom. The number of nitrogens with one attached hydrogen (secondary N) is 2. The highest BCUT2D eigenvalue weighted by Crippen LogP contribution is 2.19. The average molecular weight is 318 g/mol. The van der Waals surface area contributed by atoms with E-state index >= 15 is 0 Å². The van der Waals surface area contributed by atoms with Crippen LogP contribution in [0.2, 0.25) is 0 Å². The predicted octanol–water partition coefficient (Wildman–Crippen LogP) is 0.0358. The van der Waals surface area contributed by atoms with Gasteiger partial charge in [0, 0.05) is 44.0 Å². The molecule has 1 saturated heterocycles. The standard InChI is InChI=1S/C16H22N4O3/c21-15(19-13-1-2-13)12-3-4-17-14(11-12)16(22)18-5-6-20-7-9-23-10-8-20/h3-4,11,13H,1-2,5-10H2,(H,18,22)(H,19,21). The zero-order valence-electron chi connectivity index (χ0n) is 13.1. The Bertz CT molecular complexity index is 568. The van der Waals surface area contributed by atoms with Gasteiger partial charge in [0.05, 0.1) is 13.2 Å². The number of hydrogen-bond donors (Lipinski definition) is 2. The van der Waals surface area contributed by atoms with Crippen LogP contribution in [0.25, 0.3) is 0 Å². The molecule has 23 heavy (non-hydrogen) atoms. The zero-order chi connectivity index (χ0) is 16.1. The molecule has 1 aliphatic carbocycles. The van der Waals surface area contributed by atoms with Gasteiger partial charge in [0.25, 0.3) is 11.8 Å². The molecule has 0 atom stereocenters. The monoisotopic (exact) mass is 318 g/mol. The molecule has 0 aromatic carbocycles. The molecule has 7 heteroatoms. The maximum Gasteiger partial charge on any atom is 0.269 e. The van der Waals surface area contributed by atoms with Crippen molar-refractivity contribution < 1.29 is 14.3 Å². The lowest BCUT2D eigenvalue weighted by Crippen LogP contribution is -2.41. The summed E-state index contributed by atoms with van der Waals surface area (Å²) in [4.78, 5) is 30.5. The van der Waals surface area contributed by atoms with Crippen molar-refractivity contribution in [2.75, 3.05) is 39.4 Å². The Morgan fingerprint density at radius 1 is 1.26 bits per heavy atom. The van der Waals surface area contributed by atoms with E-state index in [2.05, 4.69) is 20.5 Å². The van der Waals surface area contributed by atoms with Crippen LogP contribution >= 0.6 is 0 Å². The number of nitrogens with zero attached hydrogens (tertiary/aromatic N) is 2. The number of aromatic nitrogens is 1. The van der Waals surface area contributed by atoms with Crippen LogP contribution in [0.15, 0.2) is 18.3 Å². The van der Waals surface area contributed by atoms with Gasteiger partial charge in [-0.15, -0.1) is 0 Å². The fraction of sp³-hybridized carbons (Fsp3) is 0.562. The topological polar surface area (TPSA) is 83.6 Å². The van der Waals surface area contributed by atoms with E-state index in [4.69, 9.17) is 4.74 Å². The number of amides is 2. The molecule has 0 bridgehead atoms. The quantitative estimate of drug-likeness (QED) is 0.773. The van der Waals surface area contributed by atoms with Gasteiger partial charge in [0.2, 0.25) is 0 Å². The summed E-state index contributed by atoms with van der Waals surface area (Å²) in [5, 5.41) is 5.76. The summed E-state index contributed by atoms with van der Waals surface area (Å²) in [7, 11) is 0. The normalized spacial score (nSPS) is 18.4. The van der Waals surface area contributed by atoms with Gasteiger partial charge in [-0.1, -0.05) is 0 Å². The van der Waals surface area contributed by atoms with Crippen molar-refractivity contribution in [2.45, 2.75) is 18.9 Å². The van der Waals surface area contributed by atoms with E-state index in [9.17, 15) is 9.59 Å². The fourth-order valence-corrected chi connectivity index (χ4v) is 2.44. The van der Waals surface area contributed by atoms with Crippen molar-refractivity contribution in [3.8, 4) is 0 Å². The minimum absolute atomic E-state index is 0.141. The highest BCUT2D eigenvalue weighted by molar-refractivity contribution is 5.98. The molecule has 0 unspecified atom stereocenters. The smallest absolute Gasteiger partial charge is 0.269 e. The Hall–Kier alpha value is -1.99. The number of carbonyl (C=O) groups is 2. The number of rotatable bonds is 6. The van der Waals surface area contributed by atoms with Crippen molar-refractivity contribution in [3.63, 3.8) is 0 Å². The average Bonchev–Trinajstić information content (AvgIpc) is 3.40. The zero-order valence-corrected chi connectivity index (χ0v) is 13.1. The molecule has 2 aliphatic rings. The van der Waals surface area contributed by atoms with Gasteiger partial charge in [-0.3, -0.25) is 19.5 Å². The molecule has 7 nitrogen and oxygen atoms in total. The number of morpholine rings is 1. The van der Waals surface area contributed by atoms with Crippen LogP contribution in [-0.2, 0) is 4.74 Å². The van der Waals surface area contributed by atoms with E-state index in [1.54, 1.807) is 12.1 Å².